The van der Waals surface area contributed by atoms with Crippen LogP contribution in [0.4, 0.5) is 30.4 Å². The van der Waals surface area contributed by atoms with Crippen molar-refractivity contribution in [1.82, 2.24) is 19.8 Å². The molecule has 1 saturated heterocycles. The maximum absolute atomic E-state index is 14.6. The zero-order valence-corrected chi connectivity index (χ0v) is 35.1. The van der Waals surface area contributed by atoms with E-state index in [4.69, 9.17) is 11.6 Å². The molecule has 59 heavy (non-hydrogen) atoms. The van der Waals surface area contributed by atoms with Gasteiger partial charge in [0.25, 0.3) is 10.0 Å². The lowest BCUT2D eigenvalue weighted by Gasteiger charge is -2.36. The molecule has 308 valence electrons. The first-order chi connectivity index (χ1) is 28.3. The second-order valence-corrected chi connectivity index (χ2v) is 17.9. The summed E-state index contributed by atoms with van der Waals surface area (Å²) < 4.78 is 73.5. The predicted molar refractivity (Wildman–Crippen MR) is 234 cm³/mol. The first kappa shape index (κ1) is 42.3. The van der Waals surface area contributed by atoms with Crippen LogP contribution in [0.15, 0.2) is 131 Å². The van der Waals surface area contributed by atoms with E-state index in [9.17, 15) is 21.6 Å². The van der Waals surface area contributed by atoms with Crippen molar-refractivity contribution in [1.29, 1.82) is 0 Å². The zero-order chi connectivity index (χ0) is 41.6. The summed E-state index contributed by atoms with van der Waals surface area (Å²) in [4.78, 5) is 15.7. The van der Waals surface area contributed by atoms with Crippen molar-refractivity contribution in [2.24, 2.45) is 0 Å². The Labute approximate surface area is 352 Å². The van der Waals surface area contributed by atoms with Gasteiger partial charge in [0, 0.05) is 71.2 Å². The number of nitrogens with zero attached hydrogens (tertiary/aromatic N) is 5. The van der Waals surface area contributed by atoms with Crippen LogP contribution < -0.4 is 14.9 Å². The van der Waals surface area contributed by atoms with Gasteiger partial charge >= 0.3 is 6.18 Å². The molecule has 0 aliphatic carbocycles. The van der Waals surface area contributed by atoms with Crippen LogP contribution in [-0.2, 0) is 22.7 Å². The highest BCUT2D eigenvalue weighted by Gasteiger charge is 2.36. The minimum Gasteiger partial charge on any atom is -0.381 e. The van der Waals surface area contributed by atoms with Crippen LogP contribution >= 0.6 is 23.4 Å². The molecule has 2 N–H and O–H groups in total. The SMILES string of the molecule is CN(C)CCC(CSc1ccccc1)Nc1ccc(S(=O)(=O)Nc2ncnc3cc(N4CCN(Cc5ccccc5-c5ccc(Cl)cc5)CC4)ccc23)cc1C(F)(F)F. The molecular weight excluding hydrogens is 815 g/mol. The summed E-state index contributed by atoms with van der Waals surface area (Å²) in [5.41, 5.74) is 3.71. The minimum atomic E-state index is -4.82. The van der Waals surface area contributed by atoms with Crippen LogP contribution in [0.3, 0.4) is 0 Å². The third kappa shape index (κ3) is 10.9. The molecule has 0 saturated carbocycles. The number of anilines is 3. The highest BCUT2D eigenvalue weighted by atomic mass is 35.5. The molecule has 6 aromatic rings. The van der Waals surface area contributed by atoms with E-state index in [1.165, 1.54) is 29.6 Å². The molecule has 5 aromatic carbocycles. The van der Waals surface area contributed by atoms with Crippen LogP contribution in [0, 0.1) is 0 Å². The molecule has 1 unspecified atom stereocenters. The Morgan fingerprint density at radius 2 is 1.59 bits per heavy atom. The molecular formula is C44H45ClF3N7O2S2. The number of hydrogen-bond donors (Lipinski definition) is 2. The van der Waals surface area contributed by atoms with Crippen molar-refractivity contribution in [3.63, 3.8) is 0 Å². The fourth-order valence-electron chi connectivity index (χ4n) is 7.08. The fraction of sp³-hybridized carbons (Fsp3) is 0.273. The number of piperazine rings is 1. The molecule has 1 aliphatic rings. The number of thioether (sulfide) groups is 1. The zero-order valence-electron chi connectivity index (χ0n) is 32.7. The number of rotatable bonds is 15. The van der Waals surface area contributed by atoms with Crippen molar-refractivity contribution < 1.29 is 21.6 Å². The number of sulfonamides is 1. The molecule has 15 heteroatoms. The lowest BCUT2D eigenvalue weighted by Crippen LogP contribution is -2.46. The number of alkyl halides is 3. The molecule has 1 aliphatic heterocycles. The van der Waals surface area contributed by atoms with Gasteiger partial charge in [-0.05, 0) is 104 Å². The quantitative estimate of drug-likeness (QED) is 0.0980. The largest absolute Gasteiger partial charge is 0.418 e. The number of benzene rings is 5. The monoisotopic (exact) mass is 859 g/mol. The Kier molecular flexibility index (Phi) is 13.3. The van der Waals surface area contributed by atoms with E-state index in [-0.39, 0.29) is 17.5 Å². The first-order valence-electron chi connectivity index (χ1n) is 19.2. The minimum absolute atomic E-state index is 0.0248. The average Bonchev–Trinajstić information content (AvgIpc) is 3.22. The van der Waals surface area contributed by atoms with Gasteiger partial charge in [-0.25, -0.2) is 18.4 Å². The summed E-state index contributed by atoms with van der Waals surface area (Å²) >= 11 is 7.67. The van der Waals surface area contributed by atoms with E-state index in [0.29, 0.717) is 40.7 Å². The molecule has 1 fully saturated rings. The summed E-state index contributed by atoms with van der Waals surface area (Å²) in [5.74, 6) is 0.485. The molecule has 2 heterocycles. The van der Waals surface area contributed by atoms with Crippen LogP contribution in [-0.4, -0.2) is 86.8 Å². The number of nitrogens with one attached hydrogen (secondary N) is 2. The van der Waals surface area contributed by atoms with Crippen LogP contribution in [0.1, 0.15) is 17.5 Å². The van der Waals surface area contributed by atoms with E-state index >= 15 is 0 Å². The van der Waals surface area contributed by atoms with E-state index in [1.54, 1.807) is 17.8 Å². The van der Waals surface area contributed by atoms with Gasteiger partial charge in [-0.2, -0.15) is 13.2 Å². The van der Waals surface area contributed by atoms with Crippen molar-refractivity contribution in [3.8, 4) is 11.1 Å². The standard InChI is InChI=1S/C44H45ClF3N7O2S2/c1-53(2)21-20-34(29-58-36-9-4-3-5-10-36)51-41-19-17-37(27-40(41)44(46,47)48)59(56,57)52-43-39-18-16-35(26-42(39)49-30-50-43)55-24-22-54(23-25-55)28-32-8-6-7-11-38(32)31-12-14-33(45)15-13-31/h3-19,26-27,30,34,51H,20-25,28-29H2,1-2H3,(H,49,50,52). The lowest BCUT2D eigenvalue weighted by atomic mass is 9.99. The topological polar surface area (TPSA) is 93.7 Å². The van der Waals surface area contributed by atoms with Gasteiger partial charge in [0.15, 0.2) is 5.82 Å². The molecule has 7 rings (SSSR count). The summed E-state index contributed by atoms with van der Waals surface area (Å²) in [7, 11) is -0.675. The Morgan fingerprint density at radius 3 is 2.32 bits per heavy atom. The van der Waals surface area contributed by atoms with Gasteiger partial charge in [-0.1, -0.05) is 66.2 Å². The van der Waals surface area contributed by atoms with Gasteiger partial charge in [0.1, 0.15) is 6.33 Å². The highest BCUT2D eigenvalue weighted by Crippen LogP contribution is 2.38. The third-order valence-electron chi connectivity index (χ3n) is 10.2. The van der Waals surface area contributed by atoms with Crippen molar-refractivity contribution in [2.75, 3.05) is 67.5 Å². The summed E-state index contributed by atoms with van der Waals surface area (Å²) in [6, 6.07) is 34.1. The highest BCUT2D eigenvalue weighted by molar-refractivity contribution is 7.99. The molecule has 0 amide bonds. The van der Waals surface area contributed by atoms with Gasteiger partial charge < -0.3 is 15.1 Å². The van der Waals surface area contributed by atoms with Gasteiger partial charge in [-0.15, -0.1) is 11.8 Å². The number of fused-ring (bicyclic) bond motifs is 1. The van der Waals surface area contributed by atoms with Gasteiger partial charge in [0.05, 0.1) is 16.0 Å². The molecule has 1 aromatic heterocycles. The number of halogens is 4. The average molecular weight is 860 g/mol. The smallest absolute Gasteiger partial charge is 0.381 e. The van der Waals surface area contributed by atoms with Gasteiger partial charge in [0.2, 0.25) is 0 Å². The van der Waals surface area contributed by atoms with E-state index in [1.807, 2.05) is 91.8 Å². The van der Waals surface area contributed by atoms with Crippen molar-refractivity contribution >= 4 is 61.5 Å². The maximum atomic E-state index is 14.6. The number of aromatic nitrogens is 2. The van der Waals surface area contributed by atoms with Crippen LogP contribution in [0.25, 0.3) is 22.0 Å². The van der Waals surface area contributed by atoms with Crippen molar-refractivity contribution in [2.45, 2.75) is 35.0 Å². The predicted octanol–water partition coefficient (Wildman–Crippen LogP) is 9.62. The maximum Gasteiger partial charge on any atom is 0.418 e. The second-order valence-electron chi connectivity index (χ2n) is 14.7. The Morgan fingerprint density at radius 1 is 0.864 bits per heavy atom. The second kappa shape index (κ2) is 18.6. The van der Waals surface area contributed by atoms with Crippen LogP contribution in [0.2, 0.25) is 5.02 Å². The molecule has 0 radical (unpaired) electrons. The van der Waals surface area contributed by atoms with E-state index < -0.39 is 26.7 Å². The summed E-state index contributed by atoms with van der Waals surface area (Å²) in [6.07, 6.45) is -3.00. The first-order valence-corrected chi connectivity index (χ1v) is 22.1. The van der Waals surface area contributed by atoms with Crippen molar-refractivity contribution in [3.05, 3.63) is 138 Å². The van der Waals surface area contributed by atoms with E-state index in [0.717, 1.165) is 48.9 Å². The summed E-state index contributed by atoms with van der Waals surface area (Å²) in [6.45, 7) is 4.66. The molecule has 0 spiro atoms. The third-order valence-corrected chi connectivity index (χ3v) is 13.0. The normalized spacial score (nSPS) is 14.5. The van der Waals surface area contributed by atoms with Crippen LogP contribution in [0.5, 0.6) is 0 Å². The Hall–Kier alpha value is -4.86. The van der Waals surface area contributed by atoms with E-state index in [2.05, 4.69) is 48.0 Å². The Bertz CT molecular complexity index is 2470. The number of hydrogen-bond acceptors (Lipinski definition) is 9. The fourth-order valence-corrected chi connectivity index (χ4v) is 9.25. The lowest BCUT2D eigenvalue weighted by molar-refractivity contribution is -0.137. The van der Waals surface area contributed by atoms with Gasteiger partial charge in [-0.3, -0.25) is 9.62 Å². The molecule has 0 bridgehead atoms. The molecule has 1 atom stereocenters. The Balaban J connectivity index is 1.04. The summed E-state index contributed by atoms with van der Waals surface area (Å²) in [5, 5.41) is 4.20. The molecule has 9 nitrogen and oxygen atoms in total.